The highest BCUT2D eigenvalue weighted by Crippen LogP contribution is 2.09. The maximum absolute atomic E-state index is 11.7. The van der Waals surface area contributed by atoms with E-state index in [0.717, 1.165) is 31.7 Å². The van der Waals surface area contributed by atoms with Crippen molar-refractivity contribution in [3.8, 4) is 5.75 Å². The van der Waals surface area contributed by atoms with Gasteiger partial charge in [-0.05, 0) is 57.5 Å². The van der Waals surface area contributed by atoms with E-state index in [1.807, 2.05) is 30.3 Å². The van der Waals surface area contributed by atoms with Gasteiger partial charge in [0.1, 0.15) is 5.75 Å². The van der Waals surface area contributed by atoms with Gasteiger partial charge in [0.2, 0.25) is 5.91 Å². The molecule has 0 spiro atoms. The minimum atomic E-state index is 0.135. The van der Waals surface area contributed by atoms with Crippen molar-refractivity contribution in [1.29, 1.82) is 0 Å². The molecule has 122 valence electrons. The lowest BCUT2D eigenvalue weighted by Gasteiger charge is -2.26. The van der Waals surface area contributed by atoms with Gasteiger partial charge >= 0.3 is 0 Å². The Morgan fingerprint density at radius 2 is 1.86 bits per heavy atom. The lowest BCUT2D eigenvalue weighted by Crippen LogP contribution is -2.33. The van der Waals surface area contributed by atoms with Gasteiger partial charge in [0.15, 0.2) is 0 Å². The Kier molecular flexibility index (Phi) is 7.81. The van der Waals surface area contributed by atoms with E-state index in [1.54, 1.807) is 0 Å². The Morgan fingerprint density at radius 1 is 1.09 bits per heavy atom. The fourth-order valence-electron chi connectivity index (χ4n) is 2.74. The predicted octanol–water partition coefficient (Wildman–Crippen LogP) is 2.84. The molecular weight excluding hydrogens is 276 g/mol. The Bertz CT molecular complexity index is 416. The molecule has 4 heteroatoms. The van der Waals surface area contributed by atoms with Gasteiger partial charge in [0.25, 0.3) is 0 Å². The average molecular weight is 304 g/mol. The monoisotopic (exact) mass is 304 g/mol. The van der Waals surface area contributed by atoms with Crippen LogP contribution in [0.5, 0.6) is 5.75 Å². The molecule has 0 atom stereocenters. The second-order valence-electron chi connectivity index (χ2n) is 5.87. The Balaban J connectivity index is 1.44. The summed E-state index contributed by atoms with van der Waals surface area (Å²) in [4.78, 5) is 14.2. The van der Waals surface area contributed by atoms with Crippen LogP contribution in [0.25, 0.3) is 0 Å². The molecule has 1 aromatic rings. The standard InChI is InChI=1S/C18H28N2O2/c21-18(11-7-16-22-17-9-3-1-4-10-17)19-12-8-15-20-13-5-2-6-14-20/h1,3-4,9-10H,2,5-8,11-16H2,(H,19,21). The molecule has 0 radical (unpaired) electrons. The van der Waals surface area contributed by atoms with Crippen LogP contribution >= 0.6 is 0 Å². The van der Waals surface area contributed by atoms with Crippen molar-refractivity contribution in [1.82, 2.24) is 10.2 Å². The summed E-state index contributed by atoms with van der Waals surface area (Å²) in [5.74, 6) is 1.000. The molecule has 1 heterocycles. The van der Waals surface area contributed by atoms with Gasteiger partial charge in [0, 0.05) is 13.0 Å². The molecule has 4 nitrogen and oxygen atoms in total. The van der Waals surface area contributed by atoms with E-state index in [4.69, 9.17) is 4.74 Å². The molecule has 0 bridgehead atoms. The number of benzene rings is 1. The number of hydrogen-bond donors (Lipinski definition) is 1. The van der Waals surface area contributed by atoms with Gasteiger partial charge in [-0.15, -0.1) is 0 Å². The Morgan fingerprint density at radius 3 is 2.64 bits per heavy atom. The molecule has 1 saturated heterocycles. The molecule has 1 aliphatic rings. The summed E-state index contributed by atoms with van der Waals surface area (Å²) in [6, 6.07) is 9.72. The van der Waals surface area contributed by atoms with Crippen LogP contribution in [0.2, 0.25) is 0 Å². The van der Waals surface area contributed by atoms with Gasteiger partial charge in [0.05, 0.1) is 6.61 Å². The molecule has 0 aliphatic carbocycles. The summed E-state index contributed by atoms with van der Waals surface area (Å²) in [6.07, 6.45) is 6.37. The number of ether oxygens (including phenoxy) is 1. The largest absolute Gasteiger partial charge is 0.494 e. The van der Waals surface area contributed by atoms with Crippen LogP contribution < -0.4 is 10.1 Å². The smallest absolute Gasteiger partial charge is 0.220 e. The van der Waals surface area contributed by atoms with Gasteiger partial charge in [-0.25, -0.2) is 0 Å². The van der Waals surface area contributed by atoms with Crippen LogP contribution in [-0.2, 0) is 4.79 Å². The van der Waals surface area contributed by atoms with Crippen molar-refractivity contribution < 1.29 is 9.53 Å². The molecule has 1 fully saturated rings. The SMILES string of the molecule is O=C(CCCOc1ccccc1)NCCCN1CCCCC1. The first-order valence-electron chi connectivity index (χ1n) is 8.51. The van der Waals surface area contributed by atoms with Crippen molar-refractivity contribution in [2.45, 2.75) is 38.5 Å². The van der Waals surface area contributed by atoms with E-state index in [-0.39, 0.29) is 5.91 Å². The van der Waals surface area contributed by atoms with Crippen LogP contribution in [0.1, 0.15) is 38.5 Å². The van der Waals surface area contributed by atoms with Crippen LogP contribution in [0.15, 0.2) is 30.3 Å². The average Bonchev–Trinajstić information content (AvgIpc) is 2.57. The quantitative estimate of drug-likeness (QED) is 0.713. The molecule has 1 N–H and O–H groups in total. The Labute approximate surface area is 133 Å². The number of piperidine rings is 1. The summed E-state index contributed by atoms with van der Waals surface area (Å²) in [5, 5.41) is 3.00. The third kappa shape index (κ3) is 6.94. The van der Waals surface area contributed by atoms with Gasteiger partial charge in [-0.3, -0.25) is 4.79 Å². The number of carbonyl (C=O) groups is 1. The highest BCUT2D eigenvalue weighted by Gasteiger charge is 2.09. The van der Waals surface area contributed by atoms with E-state index in [0.29, 0.717) is 13.0 Å². The first-order chi connectivity index (χ1) is 10.8. The van der Waals surface area contributed by atoms with Gasteiger partial charge < -0.3 is 15.0 Å². The number of nitrogens with one attached hydrogen (secondary N) is 1. The number of amides is 1. The molecule has 0 saturated carbocycles. The molecule has 0 aromatic heterocycles. The predicted molar refractivity (Wildman–Crippen MR) is 89.1 cm³/mol. The number of nitrogens with zero attached hydrogens (tertiary/aromatic N) is 1. The highest BCUT2D eigenvalue weighted by atomic mass is 16.5. The lowest BCUT2D eigenvalue weighted by atomic mass is 10.1. The number of hydrogen-bond acceptors (Lipinski definition) is 3. The van der Waals surface area contributed by atoms with Crippen molar-refractivity contribution in [3.63, 3.8) is 0 Å². The van der Waals surface area contributed by atoms with E-state index >= 15 is 0 Å². The minimum Gasteiger partial charge on any atom is -0.494 e. The molecule has 0 unspecified atom stereocenters. The van der Waals surface area contributed by atoms with E-state index < -0.39 is 0 Å². The van der Waals surface area contributed by atoms with Crippen LogP contribution in [0, 0.1) is 0 Å². The molecule has 1 aliphatic heterocycles. The fourth-order valence-corrected chi connectivity index (χ4v) is 2.74. The van der Waals surface area contributed by atoms with Gasteiger partial charge in [-0.1, -0.05) is 24.6 Å². The van der Waals surface area contributed by atoms with Crippen molar-refractivity contribution in [2.24, 2.45) is 0 Å². The van der Waals surface area contributed by atoms with E-state index in [2.05, 4.69) is 10.2 Å². The zero-order valence-electron chi connectivity index (χ0n) is 13.4. The highest BCUT2D eigenvalue weighted by molar-refractivity contribution is 5.75. The summed E-state index contributed by atoms with van der Waals surface area (Å²) in [6.45, 7) is 4.94. The number of rotatable bonds is 9. The normalized spacial score (nSPS) is 15.5. The zero-order valence-corrected chi connectivity index (χ0v) is 13.4. The number of carbonyl (C=O) groups excluding carboxylic acids is 1. The summed E-state index contributed by atoms with van der Waals surface area (Å²) in [7, 11) is 0. The maximum Gasteiger partial charge on any atom is 0.220 e. The van der Waals surface area contributed by atoms with Gasteiger partial charge in [-0.2, -0.15) is 0 Å². The molecular formula is C18H28N2O2. The molecule has 1 aromatic carbocycles. The van der Waals surface area contributed by atoms with E-state index in [1.165, 1.54) is 32.4 Å². The first kappa shape index (κ1) is 16.8. The second-order valence-corrected chi connectivity index (χ2v) is 5.87. The van der Waals surface area contributed by atoms with Crippen molar-refractivity contribution in [2.75, 3.05) is 32.8 Å². The molecule has 1 amide bonds. The van der Waals surface area contributed by atoms with E-state index in [9.17, 15) is 4.79 Å². The number of likely N-dealkylation sites (tertiary alicyclic amines) is 1. The third-order valence-electron chi connectivity index (χ3n) is 3.98. The van der Waals surface area contributed by atoms with Crippen molar-refractivity contribution >= 4 is 5.91 Å². The fraction of sp³-hybridized carbons (Fsp3) is 0.611. The van der Waals surface area contributed by atoms with Crippen LogP contribution in [0.3, 0.4) is 0 Å². The summed E-state index contributed by atoms with van der Waals surface area (Å²) < 4.78 is 5.57. The summed E-state index contributed by atoms with van der Waals surface area (Å²) >= 11 is 0. The number of para-hydroxylation sites is 1. The second kappa shape index (κ2) is 10.2. The van der Waals surface area contributed by atoms with Crippen LogP contribution in [0.4, 0.5) is 0 Å². The summed E-state index contributed by atoms with van der Waals surface area (Å²) in [5.41, 5.74) is 0. The Hall–Kier alpha value is -1.55. The molecule has 22 heavy (non-hydrogen) atoms. The third-order valence-corrected chi connectivity index (χ3v) is 3.98. The maximum atomic E-state index is 11.7. The van der Waals surface area contributed by atoms with Crippen molar-refractivity contribution in [3.05, 3.63) is 30.3 Å². The van der Waals surface area contributed by atoms with Crippen LogP contribution in [-0.4, -0.2) is 43.6 Å². The topological polar surface area (TPSA) is 41.6 Å². The lowest BCUT2D eigenvalue weighted by molar-refractivity contribution is -0.121. The molecule has 2 rings (SSSR count). The zero-order chi connectivity index (χ0) is 15.5. The first-order valence-corrected chi connectivity index (χ1v) is 8.51. The minimum absolute atomic E-state index is 0.135.